The number of ketones is 1. The lowest BCUT2D eigenvalue weighted by molar-refractivity contribution is 0.0237. The standard InChI is InChI=1S/C26H42N4O3S2.C10H11BrO/c1-6-30(24(31)33-25(2,3)4)17-18-32-21-13-11-20(12-14-21)28-23(34)29-22(27)35-19-26(5)15-9-7-8-10-16-26;1-7-3-4-9(5-8(7)2)10(12)6-11/h11-14H,6-10,15-19H2,1-5H3,(H3,27,28,29,34);3-5H,6H2,1-2H3. The minimum Gasteiger partial charge on any atom is -0.492 e. The van der Waals surface area contributed by atoms with E-state index in [4.69, 9.17) is 27.4 Å². The van der Waals surface area contributed by atoms with E-state index in [2.05, 4.69) is 33.2 Å². The minimum atomic E-state index is -0.519. The molecule has 1 aliphatic rings. The number of carbonyl (C=O) groups is 2. The highest BCUT2D eigenvalue weighted by atomic mass is 79.9. The molecule has 0 bridgehead atoms. The Labute approximate surface area is 300 Å². The Morgan fingerprint density at radius 2 is 1.70 bits per heavy atom. The number of aliphatic imine (C=N–C) groups is 1. The summed E-state index contributed by atoms with van der Waals surface area (Å²) in [5.74, 6) is 1.82. The average Bonchev–Trinajstić information content (AvgIpc) is 3.24. The van der Waals surface area contributed by atoms with Crippen molar-refractivity contribution in [1.29, 1.82) is 0 Å². The van der Waals surface area contributed by atoms with Gasteiger partial charge in [0.1, 0.15) is 18.0 Å². The maximum atomic E-state index is 12.2. The maximum absolute atomic E-state index is 12.2. The number of thioether (sulfide) groups is 1. The SMILES string of the molecule is CCN(CCOc1ccc(NC(=S)/N=C(\N)SCC2(C)CCCCCC2)cc1)C(=O)OC(C)(C)C.Cc1ccc(C(=O)CBr)cc1C. The number of hydrogen-bond acceptors (Lipinski definition) is 6. The molecule has 0 atom stereocenters. The number of hydrogen-bond donors (Lipinski definition) is 2. The number of halogens is 1. The number of benzene rings is 2. The monoisotopic (exact) mass is 748 g/mol. The van der Waals surface area contributed by atoms with E-state index in [0.29, 0.717) is 46.5 Å². The second kappa shape index (κ2) is 20.0. The number of ether oxygens (including phenoxy) is 2. The molecule has 1 aliphatic carbocycles. The third-order valence-electron chi connectivity index (χ3n) is 7.81. The lowest BCUT2D eigenvalue weighted by atomic mass is 9.85. The smallest absolute Gasteiger partial charge is 0.410 e. The quantitative estimate of drug-likeness (QED) is 0.0619. The Hall–Kier alpha value is -2.63. The van der Waals surface area contributed by atoms with E-state index in [1.54, 1.807) is 16.7 Å². The van der Waals surface area contributed by atoms with Gasteiger partial charge >= 0.3 is 6.09 Å². The number of nitrogens with one attached hydrogen (secondary N) is 1. The summed E-state index contributed by atoms with van der Waals surface area (Å²) < 4.78 is 11.2. The third kappa shape index (κ3) is 15.9. The van der Waals surface area contributed by atoms with E-state index in [9.17, 15) is 9.59 Å². The summed E-state index contributed by atoms with van der Waals surface area (Å²) in [7, 11) is 0. The molecule has 0 saturated heterocycles. The number of Topliss-reactive ketones (excluding diaryl/α,β-unsaturated/α-hetero) is 1. The summed E-state index contributed by atoms with van der Waals surface area (Å²) in [5.41, 5.74) is 9.94. The van der Waals surface area contributed by atoms with Crippen molar-refractivity contribution < 1.29 is 19.1 Å². The highest BCUT2D eigenvalue weighted by Gasteiger charge is 2.26. The van der Waals surface area contributed by atoms with Gasteiger partial charge in [-0.15, -0.1) is 0 Å². The van der Waals surface area contributed by atoms with E-state index in [1.165, 1.54) is 49.7 Å². The average molecular weight is 750 g/mol. The number of alkyl halides is 1. The molecule has 0 spiro atoms. The molecule has 1 fully saturated rings. The van der Waals surface area contributed by atoms with E-state index in [0.717, 1.165) is 17.0 Å². The van der Waals surface area contributed by atoms with E-state index in [1.807, 2.05) is 84.0 Å². The van der Waals surface area contributed by atoms with Crippen molar-refractivity contribution in [3.05, 3.63) is 59.2 Å². The molecule has 0 unspecified atom stereocenters. The summed E-state index contributed by atoms with van der Waals surface area (Å²) in [6.07, 6.45) is 7.44. The number of amidine groups is 1. The van der Waals surface area contributed by atoms with Gasteiger partial charge in [-0.2, -0.15) is 4.99 Å². The van der Waals surface area contributed by atoms with Crippen LogP contribution in [0.5, 0.6) is 5.75 Å². The largest absolute Gasteiger partial charge is 0.492 e. The van der Waals surface area contributed by atoms with E-state index < -0.39 is 5.60 Å². The maximum Gasteiger partial charge on any atom is 0.410 e. The van der Waals surface area contributed by atoms with Gasteiger partial charge in [0.05, 0.1) is 11.9 Å². The number of nitrogens with zero attached hydrogens (tertiary/aromatic N) is 2. The van der Waals surface area contributed by atoms with Crippen LogP contribution in [0.2, 0.25) is 0 Å². The molecule has 3 rings (SSSR count). The molecule has 3 N–H and O–H groups in total. The Bertz CT molecular complexity index is 1340. The van der Waals surface area contributed by atoms with Crippen LogP contribution < -0.4 is 15.8 Å². The fourth-order valence-electron chi connectivity index (χ4n) is 4.86. The third-order valence-corrected chi connectivity index (χ3v) is 9.74. The van der Waals surface area contributed by atoms with Gasteiger partial charge in [-0.3, -0.25) is 4.79 Å². The molecule has 260 valence electrons. The fraction of sp³-hybridized carbons (Fsp3) is 0.556. The van der Waals surface area contributed by atoms with Crippen LogP contribution in [0.25, 0.3) is 0 Å². The van der Waals surface area contributed by atoms with Gasteiger partial charge in [0.2, 0.25) is 0 Å². The number of anilines is 1. The normalized spacial score (nSPS) is 14.6. The molecule has 11 heteroatoms. The molecule has 2 aromatic carbocycles. The first-order valence-electron chi connectivity index (χ1n) is 16.3. The van der Waals surface area contributed by atoms with Gasteiger partial charge in [-0.1, -0.05) is 72.4 Å². The summed E-state index contributed by atoms with van der Waals surface area (Å²) in [6, 6.07) is 13.2. The molecule has 2 aromatic rings. The number of rotatable bonds is 10. The summed E-state index contributed by atoms with van der Waals surface area (Å²) >= 11 is 10.1. The number of thiocarbonyl (C=S) groups is 1. The van der Waals surface area contributed by atoms with Gasteiger partial charge in [0.15, 0.2) is 16.1 Å². The predicted octanol–water partition coefficient (Wildman–Crippen LogP) is 9.31. The Kier molecular flexibility index (Phi) is 17.3. The summed E-state index contributed by atoms with van der Waals surface area (Å²) in [6.45, 7) is 15.3. The predicted molar refractivity (Wildman–Crippen MR) is 206 cm³/mol. The lowest BCUT2D eigenvalue weighted by Crippen LogP contribution is -2.38. The number of likely N-dealkylation sites (N-methyl/N-ethyl adjacent to an activating group) is 1. The highest BCUT2D eigenvalue weighted by molar-refractivity contribution is 9.09. The molecule has 1 amide bonds. The molecule has 8 nitrogen and oxygen atoms in total. The van der Waals surface area contributed by atoms with Crippen LogP contribution in [-0.2, 0) is 4.74 Å². The highest BCUT2D eigenvalue weighted by Crippen LogP contribution is 2.37. The second-order valence-electron chi connectivity index (χ2n) is 13.2. The Morgan fingerprint density at radius 1 is 1.06 bits per heavy atom. The molecule has 47 heavy (non-hydrogen) atoms. The van der Waals surface area contributed by atoms with Crippen molar-refractivity contribution in [2.24, 2.45) is 16.1 Å². The molecular formula is C36H53BrN4O4S2. The van der Waals surface area contributed by atoms with Crippen LogP contribution in [-0.4, -0.2) is 63.4 Å². The minimum absolute atomic E-state index is 0.137. The van der Waals surface area contributed by atoms with Crippen LogP contribution in [0, 0.1) is 19.3 Å². The van der Waals surface area contributed by atoms with Gasteiger partial charge in [-0.25, -0.2) is 4.79 Å². The van der Waals surface area contributed by atoms with Gasteiger partial charge in [0.25, 0.3) is 0 Å². The second-order valence-corrected chi connectivity index (χ2v) is 15.1. The van der Waals surface area contributed by atoms with Gasteiger partial charge in [0, 0.05) is 23.5 Å². The van der Waals surface area contributed by atoms with Crippen LogP contribution >= 0.6 is 39.9 Å². The number of nitrogens with two attached hydrogens (primary N) is 1. The van der Waals surface area contributed by atoms with Crippen LogP contribution in [0.4, 0.5) is 10.5 Å². The molecule has 0 aromatic heterocycles. The lowest BCUT2D eigenvalue weighted by Gasteiger charge is -2.27. The van der Waals surface area contributed by atoms with Crippen molar-refractivity contribution in [2.75, 3.05) is 36.1 Å². The van der Waals surface area contributed by atoms with Crippen LogP contribution in [0.1, 0.15) is 94.6 Å². The van der Waals surface area contributed by atoms with Crippen molar-refractivity contribution in [2.45, 2.75) is 92.6 Å². The van der Waals surface area contributed by atoms with Crippen molar-refractivity contribution in [3.63, 3.8) is 0 Å². The van der Waals surface area contributed by atoms with Crippen molar-refractivity contribution >= 4 is 67.8 Å². The number of carbonyl (C=O) groups excluding carboxylic acids is 2. The number of amides is 1. The van der Waals surface area contributed by atoms with Gasteiger partial charge in [-0.05, 0) is 113 Å². The Morgan fingerprint density at radius 3 is 2.26 bits per heavy atom. The molecule has 0 aliphatic heterocycles. The van der Waals surface area contributed by atoms with E-state index >= 15 is 0 Å². The van der Waals surface area contributed by atoms with Crippen LogP contribution in [0.3, 0.4) is 0 Å². The first-order valence-corrected chi connectivity index (χ1v) is 18.8. The molecule has 0 radical (unpaired) electrons. The summed E-state index contributed by atoms with van der Waals surface area (Å²) in [5, 5.41) is 4.34. The topological polar surface area (TPSA) is 106 Å². The molecular weight excluding hydrogens is 696 g/mol. The summed E-state index contributed by atoms with van der Waals surface area (Å²) in [4.78, 5) is 29.4. The molecule has 0 heterocycles. The van der Waals surface area contributed by atoms with Crippen molar-refractivity contribution in [3.8, 4) is 5.75 Å². The zero-order chi connectivity index (χ0) is 35.0. The first kappa shape index (κ1) is 40.5. The Balaban J connectivity index is 0.000000535. The van der Waals surface area contributed by atoms with Crippen molar-refractivity contribution in [1.82, 2.24) is 4.90 Å². The van der Waals surface area contributed by atoms with Crippen LogP contribution in [0.15, 0.2) is 47.5 Å². The zero-order valence-electron chi connectivity index (χ0n) is 29.1. The number of aryl methyl sites for hydroxylation is 2. The van der Waals surface area contributed by atoms with E-state index in [-0.39, 0.29) is 11.9 Å². The van der Waals surface area contributed by atoms with Gasteiger partial charge < -0.3 is 25.4 Å². The molecule has 1 saturated carbocycles. The zero-order valence-corrected chi connectivity index (χ0v) is 32.3. The fourth-order valence-corrected chi connectivity index (χ4v) is 6.40. The first-order chi connectivity index (χ1) is 22.1.